The number of Topliss-reactive ketones (excluding diaryl/α,β-unsaturated/α-hetero) is 1. The molecule has 3 fully saturated rings. The van der Waals surface area contributed by atoms with Gasteiger partial charge in [0.05, 0.1) is 0 Å². The van der Waals surface area contributed by atoms with E-state index in [1.807, 2.05) is 6.08 Å². The number of ketones is 2. The number of rotatable bonds is 2. The lowest BCUT2D eigenvalue weighted by Crippen LogP contribution is -2.57. The second-order valence-corrected chi connectivity index (χ2v) is 9.99. The highest BCUT2D eigenvalue weighted by Gasteiger charge is 2.63. The lowest BCUT2D eigenvalue weighted by atomic mass is 9.46. The molecule has 0 saturated heterocycles. The first-order chi connectivity index (χ1) is 12.7. The molecule has 4 rings (SSSR count). The maximum atomic E-state index is 12.4. The third kappa shape index (κ3) is 2.74. The van der Waals surface area contributed by atoms with Crippen molar-refractivity contribution >= 4 is 17.5 Å². The SMILES string of the molecule is CC(=O)O[C@@H]1C[C@@]2(C)[C@H](CC[C@H]2C(C)=O)[C@@H]2CCC3=CC(=O)CC[C@]3(C)[C@H]21. The molecule has 27 heavy (non-hydrogen) atoms. The van der Waals surface area contributed by atoms with E-state index in [9.17, 15) is 14.4 Å². The monoisotopic (exact) mass is 372 g/mol. The Morgan fingerprint density at radius 1 is 1.11 bits per heavy atom. The molecule has 148 valence electrons. The predicted octanol–water partition coefficient (Wildman–Crippen LogP) is 4.27. The molecule has 0 radical (unpaired) electrons. The van der Waals surface area contributed by atoms with Crippen LogP contribution in [0.1, 0.15) is 72.6 Å². The summed E-state index contributed by atoms with van der Waals surface area (Å²) in [6.07, 6.45) is 8.02. The first-order valence-electron chi connectivity index (χ1n) is 10.6. The topological polar surface area (TPSA) is 60.4 Å². The van der Waals surface area contributed by atoms with Crippen LogP contribution >= 0.6 is 0 Å². The van der Waals surface area contributed by atoms with E-state index in [0.29, 0.717) is 18.3 Å². The van der Waals surface area contributed by atoms with Crippen molar-refractivity contribution < 1.29 is 19.1 Å². The van der Waals surface area contributed by atoms with Crippen molar-refractivity contribution in [2.45, 2.75) is 78.7 Å². The summed E-state index contributed by atoms with van der Waals surface area (Å²) in [6, 6.07) is 0. The van der Waals surface area contributed by atoms with E-state index >= 15 is 0 Å². The summed E-state index contributed by atoms with van der Waals surface area (Å²) >= 11 is 0. The Labute approximate surface area is 162 Å². The average molecular weight is 373 g/mol. The largest absolute Gasteiger partial charge is 0.462 e. The van der Waals surface area contributed by atoms with Crippen molar-refractivity contribution in [3.8, 4) is 0 Å². The number of carbonyl (C=O) groups excluding carboxylic acids is 3. The summed E-state index contributed by atoms with van der Waals surface area (Å²) in [6.45, 7) is 7.77. The molecule has 0 aromatic carbocycles. The fourth-order valence-corrected chi connectivity index (χ4v) is 7.64. The second kappa shape index (κ2) is 6.28. The highest BCUT2D eigenvalue weighted by atomic mass is 16.5. The van der Waals surface area contributed by atoms with Crippen molar-refractivity contribution in [3.63, 3.8) is 0 Å². The van der Waals surface area contributed by atoms with Gasteiger partial charge in [0.15, 0.2) is 5.78 Å². The molecule has 4 aliphatic carbocycles. The maximum absolute atomic E-state index is 12.4. The smallest absolute Gasteiger partial charge is 0.302 e. The van der Waals surface area contributed by atoms with Gasteiger partial charge in [0.1, 0.15) is 11.9 Å². The molecule has 0 heterocycles. The van der Waals surface area contributed by atoms with Gasteiger partial charge in [0.25, 0.3) is 0 Å². The zero-order chi connectivity index (χ0) is 19.6. The van der Waals surface area contributed by atoms with Crippen molar-refractivity contribution in [2.24, 2.45) is 34.5 Å². The number of ether oxygens (including phenoxy) is 1. The Hall–Kier alpha value is -1.45. The van der Waals surface area contributed by atoms with E-state index in [-0.39, 0.29) is 46.3 Å². The molecular formula is C23H32O4. The van der Waals surface area contributed by atoms with Crippen molar-refractivity contribution in [2.75, 3.05) is 0 Å². The fourth-order valence-electron chi connectivity index (χ4n) is 7.64. The van der Waals surface area contributed by atoms with Gasteiger partial charge in [-0.25, -0.2) is 0 Å². The third-order valence-corrected chi connectivity index (χ3v) is 8.68. The van der Waals surface area contributed by atoms with E-state index in [1.165, 1.54) is 12.5 Å². The highest BCUT2D eigenvalue weighted by molar-refractivity contribution is 5.91. The molecule has 4 nitrogen and oxygen atoms in total. The van der Waals surface area contributed by atoms with E-state index in [1.54, 1.807) is 6.92 Å². The lowest BCUT2D eigenvalue weighted by molar-refractivity contribution is -0.176. The van der Waals surface area contributed by atoms with Crippen LogP contribution in [-0.2, 0) is 19.1 Å². The van der Waals surface area contributed by atoms with Gasteiger partial charge in [-0.2, -0.15) is 0 Å². The number of esters is 1. The van der Waals surface area contributed by atoms with Gasteiger partial charge >= 0.3 is 5.97 Å². The second-order valence-electron chi connectivity index (χ2n) is 9.99. The summed E-state index contributed by atoms with van der Waals surface area (Å²) in [5.74, 6) is 1.61. The Morgan fingerprint density at radius 3 is 2.52 bits per heavy atom. The summed E-state index contributed by atoms with van der Waals surface area (Å²) in [7, 11) is 0. The molecule has 0 aliphatic heterocycles. The van der Waals surface area contributed by atoms with Crippen LogP contribution in [0.5, 0.6) is 0 Å². The molecule has 0 aromatic heterocycles. The molecule has 0 spiro atoms. The Kier molecular flexibility index (Phi) is 4.40. The van der Waals surface area contributed by atoms with Crippen molar-refractivity contribution in [1.29, 1.82) is 0 Å². The Morgan fingerprint density at radius 2 is 1.85 bits per heavy atom. The summed E-state index contributed by atoms with van der Waals surface area (Å²) in [4.78, 5) is 36.4. The molecule has 4 aliphatic rings. The van der Waals surface area contributed by atoms with Crippen LogP contribution in [0.25, 0.3) is 0 Å². The third-order valence-electron chi connectivity index (χ3n) is 8.68. The summed E-state index contributed by atoms with van der Waals surface area (Å²) < 4.78 is 5.94. The molecular weight excluding hydrogens is 340 g/mol. The average Bonchev–Trinajstić information content (AvgIpc) is 2.91. The molecule has 0 aromatic rings. The minimum absolute atomic E-state index is 0.0629. The minimum atomic E-state index is -0.232. The van der Waals surface area contributed by atoms with Gasteiger partial charge in [0.2, 0.25) is 0 Å². The van der Waals surface area contributed by atoms with Crippen LogP contribution in [0.4, 0.5) is 0 Å². The Bertz CT molecular complexity index is 722. The number of fused-ring (bicyclic) bond motifs is 5. The van der Waals surface area contributed by atoms with Crippen LogP contribution in [0.2, 0.25) is 0 Å². The zero-order valence-electron chi connectivity index (χ0n) is 17.0. The standard InChI is InChI=1S/C23H32O4/c1-13(24)18-7-8-19-17-6-5-15-11-16(26)9-10-22(15,3)21(17)20(27-14(2)25)12-23(18,19)4/h11,17-21H,5-10,12H2,1-4H3/t17-,18-,19+,20+,21+,22-,23+/m0/s1. The van der Waals surface area contributed by atoms with Gasteiger partial charge in [-0.05, 0) is 74.2 Å². The molecule has 7 atom stereocenters. The lowest BCUT2D eigenvalue weighted by Gasteiger charge is -2.60. The number of hydrogen-bond acceptors (Lipinski definition) is 4. The van der Waals surface area contributed by atoms with Gasteiger partial charge in [-0.3, -0.25) is 14.4 Å². The van der Waals surface area contributed by atoms with Gasteiger partial charge in [-0.15, -0.1) is 0 Å². The molecule has 4 heteroatoms. The molecule has 3 saturated carbocycles. The van der Waals surface area contributed by atoms with Crippen molar-refractivity contribution in [1.82, 2.24) is 0 Å². The van der Waals surface area contributed by atoms with Crippen LogP contribution in [0.15, 0.2) is 11.6 Å². The van der Waals surface area contributed by atoms with E-state index in [4.69, 9.17) is 4.74 Å². The number of hydrogen-bond donors (Lipinski definition) is 0. The zero-order valence-corrected chi connectivity index (χ0v) is 17.0. The van der Waals surface area contributed by atoms with Gasteiger partial charge in [-0.1, -0.05) is 19.4 Å². The van der Waals surface area contributed by atoms with Crippen LogP contribution in [0.3, 0.4) is 0 Å². The fraction of sp³-hybridized carbons (Fsp3) is 0.783. The Balaban J connectivity index is 1.77. The normalized spacial score (nSPS) is 46.0. The summed E-state index contributed by atoms with van der Waals surface area (Å²) in [5.41, 5.74) is 1.13. The van der Waals surface area contributed by atoms with Gasteiger partial charge < -0.3 is 4.74 Å². The van der Waals surface area contributed by atoms with Crippen LogP contribution in [0, 0.1) is 34.5 Å². The predicted molar refractivity (Wildman–Crippen MR) is 102 cm³/mol. The quantitative estimate of drug-likeness (QED) is 0.679. The summed E-state index contributed by atoms with van der Waals surface area (Å²) in [5, 5.41) is 0. The number of allylic oxidation sites excluding steroid dienone is 1. The van der Waals surface area contributed by atoms with E-state index < -0.39 is 0 Å². The molecule has 0 amide bonds. The number of carbonyl (C=O) groups is 3. The van der Waals surface area contributed by atoms with Gasteiger partial charge in [0, 0.05) is 25.2 Å². The maximum Gasteiger partial charge on any atom is 0.302 e. The molecule has 0 unspecified atom stereocenters. The van der Waals surface area contributed by atoms with Crippen LogP contribution in [-0.4, -0.2) is 23.6 Å². The first kappa shape index (κ1) is 18.9. The van der Waals surface area contributed by atoms with E-state index in [2.05, 4.69) is 13.8 Å². The highest BCUT2D eigenvalue weighted by Crippen LogP contribution is 2.67. The first-order valence-corrected chi connectivity index (χ1v) is 10.6. The minimum Gasteiger partial charge on any atom is -0.462 e. The molecule has 0 N–H and O–H groups in total. The van der Waals surface area contributed by atoms with Crippen molar-refractivity contribution in [3.05, 3.63) is 11.6 Å². The van der Waals surface area contributed by atoms with E-state index in [0.717, 1.165) is 38.5 Å². The molecule has 0 bridgehead atoms. The van der Waals surface area contributed by atoms with Crippen LogP contribution < -0.4 is 0 Å².